The zero-order valence-electron chi connectivity index (χ0n) is 11.8. The van der Waals surface area contributed by atoms with E-state index in [1.165, 1.54) is 4.88 Å². The molecule has 0 saturated heterocycles. The van der Waals surface area contributed by atoms with E-state index < -0.39 is 0 Å². The van der Waals surface area contributed by atoms with Gasteiger partial charge in [0, 0.05) is 16.6 Å². The Hall–Kier alpha value is -1.53. The second kappa shape index (κ2) is 6.28. The summed E-state index contributed by atoms with van der Waals surface area (Å²) in [4.78, 5) is 12.7. The lowest BCUT2D eigenvalue weighted by Gasteiger charge is -2.26. The summed E-state index contributed by atoms with van der Waals surface area (Å²) in [6.45, 7) is 6.96. The molecular formula is C14H18N4S2. The highest BCUT2D eigenvalue weighted by atomic mass is 32.1. The first kappa shape index (κ1) is 14.9. The number of hydrogen-bond acceptors (Lipinski definition) is 5. The molecule has 2 aromatic heterocycles. The predicted molar refractivity (Wildman–Crippen MR) is 88.3 cm³/mol. The molecule has 0 atom stereocenters. The van der Waals surface area contributed by atoms with Gasteiger partial charge in [-0.05, 0) is 38.3 Å². The number of aryl methyl sites for hydroxylation is 1. The van der Waals surface area contributed by atoms with Crippen LogP contribution >= 0.6 is 23.6 Å². The average molecular weight is 306 g/mol. The molecule has 0 unspecified atom stereocenters. The van der Waals surface area contributed by atoms with Gasteiger partial charge in [-0.25, -0.2) is 9.97 Å². The van der Waals surface area contributed by atoms with Gasteiger partial charge in [-0.15, -0.1) is 11.3 Å². The summed E-state index contributed by atoms with van der Waals surface area (Å²) in [7, 11) is 0. The smallest absolute Gasteiger partial charge is 0.226 e. The van der Waals surface area contributed by atoms with Gasteiger partial charge in [-0.3, -0.25) is 0 Å². The Morgan fingerprint density at radius 2 is 2.20 bits per heavy atom. The van der Waals surface area contributed by atoms with E-state index in [0.717, 1.165) is 12.2 Å². The van der Waals surface area contributed by atoms with Gasteiger partial charge in [0.2, 0.25) is 5.95 Å². The van der Waals surface area contributed by atoms with Crippen molar-refractivity contribution in [3.05, 3.63) is 39.8 Å². The molecule has 0 fully saturated rings. The topological polar surface area (TPSA) is 55.0 Å². The quantitative estimate of drug-likeness (QED) is 0.861. The Balaban J connectivity index is 2.36. The summed E-state index contributed by atoms with van der Waals surface area (Å²) in [5.41, 5.74) is 7.18. The number of hydrogen-bond donors (Lipinski definition) is 1. The molecule has 2 rings (SSSR count). The summed E-state index contributed by atoms with van der Waals surface area (Å²) in [6.07, 6.45) is 0. The van der Waals surface area contributed by atoms with Crippen molar-refractivity contribution in [3.63, 3.8) is 0 Å². The molecule has 0 spiro atoms. The molecule has 0 aliphatic carbocycles. The number of thiocarbonyl (C=S) groups is 1. The first-order valence-electron chi connectivity index (χ1n) is 6.42. The van der Waals surface area contributed by atoms with Crippen LogP contribution in [0.4, 0.5) is 5.95 Å². The largest absolute Gasteiger partial charge is 0.388 e. The highest BCUT2D eigenvalue weighted by Gasteiger charge is 2.16. The Kier molecular flexibility index (Phi) is 4.67. The molecular weight excluding hydrogens is 288 g/mol. The van der Waals surface area contributed by atoms with Crippen molar-refractivity contribution >= 4 is 34.5 Å². The van der Waals surface area contributed by atoms with E-state index in [-0.39, 0.29) is 6.04 Å². The van der Waals surface area contributed by atoms with Crippen molar-refractivity contribution in [2.75, 3.05) is 4.90 Å². The first-order valence-corrected chi connectivity index (χ1v) is 7.70. The molecule has 6 heteroatoms. The molecule has 0 amide bonds. The molecule has 0 aliphatic heterocycles. The van der Waals surface area contributed by atoms with Gasteiger partial charge in [0.05, 0.1) is 6.54 Å². The molecule has 2 N–H and O–H groups in total. The minimum atomic E-state index is 0.290. The van der Waals surface area contributed by atoms with E-state index in [1.54, 1.807) is 11.3 Å². The van der Waals surface area contributed by atoms with E-state index in [2.05, 4.69) is 46.2 Å². The molecule has 0 bridgehead atoms. The number of aromatic nitrogens is 2. The lowest BCUT2D eigenvalue weighted by molar-refractivity contribution is 0.663. The summed E-state index contributed by atoms with van der Waals surface area (Å²) in [5, 5.41) is 2.07. The average Bonchev–Trinajstić information content (AvgIpc) is 2.87. The standard InChI is InChI=1S/C14H18N4S2/c1-9(2)18(8-11-5-4-6-20-11)14-16-10(3)7-12(17-14)13(15)19/h4-7,9H,8H2,1-3H3,(H2,15,19). The van der Waals surface area contributed by atoms with Crippen LogP contribution in [0.25, 0.3) is 0 Å². The second-order valence-electron chi connectivity index (χ2n) is 4.86. The van der Waals surface area contributed by atoms with Crippen molar-refractivity contribution in [1.29, 1.82) is 0 Å². The van der Waals surface area contributed by atoms with E-state index in [4.69, 9.17) is 18.0 Å². The number of nitrogens with zero attached hydrogens (tertiary/aromatic N) is 3. The van der Waals surface area contributed by atoms with Crippen molar-refractivity contribution in [2.45, 2.75) is 33.4 Å². The SMILES string of the molecule is Cc1cc(C(N)=S)nc(N(Cc2cccs2)C(C)C)n1. The van der Waals surface area contributed by atoms with E-state index in [0.29, 0.717) is 16.6 Å². The second-order valence-corrected chi connectivity index (χ2v) is 6.33. The van der Waals surface area contributed by atoms with Gasteiger partial charge in [0.1, 0.15) is 10.7 Å². The van der Waals surface area contributed by atoms with E-state index >= 15 is 0 Å². The third kappa shape index (κ3) is 3.52. The molecule has 0 saturated carbocycles. The molecule has 4 nitrogen and oxygen atoms in total. The minimum Gasteiger partial charge on any atom is -0.388 e. The van der Waals surface area contributed by atoms with Crippen LogP contribution in [0.3, 0.4) is 0 Å². The fourth-order valence-corrected chi connectivity index (χ4v) is 2.67. The maximum atomic E-state index is 5.69. The lowest BCUT2D eigenvalue weighted by atomic mass is 10.3. The Morgan fingerprint density at radius 3 is 2.75 bits per heavy atom. The summed E-state index contributed by atoms with van der Waals surface area (Å²) < 4.78 is 0. The van der Waals surface area contributed by atoms with Crippen molar-refractivity contribution in [1.82, 2.24) is 9.97 Å². The molecule has 0 radical (unpaired) electrons. The van der Waals surface area contributed by atoms with Gasteiger partial charge in [0.15, 0.2) is 0 Å². The van der Waals surface area contributed by atoms with Crippen LogP contribution in [0.2, 0.25) is 0 Å². The van der Waals surface area contributed by atoms with Gasteiger partial charge >= 0.3 is 0 Å². The highest BCUT2D eigenvalue weighted by Crippen LogP contribution is 2.19. The number of rotatable bonds is 5. The predicted octanol–water partition coefficient (Wildman–Crippen LogP) is 2.90. The Labute approximate surface area is 128 Å². The van der Waals surface area contributed by atoms with Crippen LogP contribution < -0.4 is 10.6 Å². The molecule has 0 aromatic carbocycles. The van der Waals surface area contributed by atoms with Crippen LogP contribution in [0.15, 0.2) is 23.6 Å². The van der Waals surface area contributed by atoms with Crippen LogP contribution in [-0.2, 0) is 6.54 Å². The van der Waals surface area contributed by atoms with Gasteiger partial charge in [-0.1, -0.05) is 18.3 Å². The molecule has 106 valence electrons. The first-order chi connectivity index (χ1) is 9.47. The van der Waals surface area contributed by atoms with Crippen molar-refractivity contribution in [2.24, 2.45) is 5.73 Å². The minimum absolute atomic E-state index is 0.290. The Bertz CT molecular complexity index is 593. The third-order valence-electron chi connectivity index (χ3n) is 2.88. The van der Waals surface area contributed by atoms with Gasteiger partial charge in [0.25, 0.3) is 0 Å². The molecule has 2 heterocycles. The van der Waals surface area contributed by atoms with E-state index in [9.17, 15) is 0 Å². The third-order valence-corrected chi connectivity index (χ3v) is 3.95. The lowest BCUT2D eigenvalue weighted by Crippen LogP contribution is -2.32. The normalized spacial score (nSPS) is 10.8. The van der Waals surface area contributed by atoms with Crippen LogP contribution in [0.5, 0.6) is 0 Å². The summed E-state index contributed by atoms with van der Waals surface area (Å²) in [5.74, 6) is 0.677. The number of nitrogens with two attached hydrogens (primary N) is 1. The highest BCUT2D eigenvalue weighted by molar-refractivity contribution is 7.80. The number of thiophene rings is 1. The fourth-order valence-electron chi connectivity index (χ4n) is 1.86. The number of anilines is 1. The van der Waals surface area contributed by atoms with Crippen molar-refractivity contribution in [3.8, 4) is 0 Å². The van der Waals surface area contributed by atoms with Crippen LogP contribution in [0.1, 0.15) is 30.1 Å². The van der Waals surface area contributed by atoms with Crippen molar-refractivity contribution < 1.29 is 0 Å². The fraction of sp³-hybridized carbons (Fsp3) is 0.357. The van der Waals surface area contributed by atoms with Crippen LogP contribution in [-0.4, -0.2) is 21.0 Å². The summed E-state index contributed by atoms with van der Waals surface area (Å²) >= 11 is 6.75. The Morgan fingerprint density at radius 1 is 1.45 bits per heavy atom. The maximum Gasteiger partial charge on any atom is 0.226 e. The zero-order chi connectivity index (χ0) is 14.7. The maximum absolute atomic E-state index is 5.69. The van der Waals surface area contributed by atoms with Crippen LogP contribution in [0, 0.1) is 6.92 Å². The molecule has 20 heavy (non-hydrogen) atoms. The molecule has 0 aliphatic rings. The van der Waals surface area contributed by atoms with E-state index in [1.807, 2.05) is 13.0 Å². The van der Waals surface area contributed by atoms with Gasteiger partial charge < -0.3 is 10.6 Å². The zero-order valence-corrected chi connectivity index (χ0v) is 13.5. The molecule has 2 aromatic rings. The monoisotopic (exact) mass is 306 g/mol. The van der Waals surface area contributed by atoms with Gasteiger partial charge in [-0.2, -0.15) is 0 Å². The summed E-state index contributed by atoms with van der Waals surface area (Å²) in [6, 6.07) is 6.27.